The van der Waals surface area contributed by atoms with Crippen molar-refractivity contribution >= 4 is 21.8 Å². The van der Waals surface area contributed by atoms with Gasteiger partial charge in [0.25, 0.3) is 0 Å². The quantitative estimate of drug-likeness (QED) is 0.182. The van der Waals surface area contributed by atoms with Crippen molar-refractivity contribution in [1.82, 2.24) is 24.5 Å². The van der Waals surface area contributed by atoms with E-state index in [1.807, 2.05) is 12.1 Å². The zero-order chi connectivity index (χ0) is 35.2. The zero-order valence-corrected chi connectivity index (χ0v) is 28.6. The summed E-state index contributed by atoms with van der Waals surface area (Å²) in [5.74, 6) is 0.942. The summed E-state index contributed by atoms with van der Waals surface area (Å²) in [6.45, 7) is 8.54. The molecular weight excluding hydrogens is 627 g/mol. The standard InChI is InChI=1S/C44H31N7/c1-26-5-10-35(28(3)15-26)32-7-12-37-38-13-8-33(36-11-6-27(2)16-29(36)4)19-42(38)51(41(37)18-32)40-14-9-34(43-47-22-30(20-45)23-48-43)17-39(40)44-49-24-31(21-46)25-50-44/h5-19,22-25H,1-4H3. The Labute approximate surface area is 295 Å². The molecule has 8 rings (SSSR count). The number of hydrogen-bond donors (Lipinski definition) is 0. The van der Waals surface area contributed by atoms with Crippen molar-refractivity contribution in [2.45, 2.75) is 27.7 Å². The Morgan fingerprint density at radius 3 is 1.41 bits per heavy atom. The average molecular weight is 658 g/mol. The molecule has 0 aliphatic carbocycles. The molecule has 0 spiro atoms. The Morgan fingerprint density at radius 1 is 0.471 bits per heavy atom. The van der Waals surface area contributed by atoms with E-state index in [4.69, 9.17) is 0 Å². The van der Waals surface area contributed by atoms with Crippen LogP contribution >= 0.6 is 0 Å². The van der Waals surface area contributed by atoms with Crippen molar-refractivity contribution in [3.05, 3.63) is 149 Å². The summed E-state index contributed by atoms with van der Waals surface area (Å²) in [4.78, 5) is 18.2. The van der Waals surface area contributed by atoms with E-state index < -0.39 is 0 Å². The molecule has 0 bridgehead atoms. The minimum Gasteiger partial charge on any atom is -0.308 e. The molecule has 5 aromatic carbocycles. The van der Waals surface area contributed by atoms with Gasteiger partial charge in [-0.1, -0.05) is 71.8 Å². The second-order valence-corrected chi connectivity index (χ2v) is 13.0. The Morgan fingerprint density at radius 2 is 0.941 bits per heavy atom. The fourth-order valence-electron chi connectivity index (χ4n) is 7.00. The van der Waals surface area contributed by atoms with E-state index in [-0.39, 0.29) is 0 Å². The van der Waals surface area contributed by atoms with Crippen LogP contribution in [-0.2, 0) is 0 Å². The predicted molar refractivity (Wildman–Crippen MR) is 202 cm³/mol. The zero-order valence-electron chi connectivity index (χ0n) is 28.6. The van der Waals surface area contributed by atoms with Gasteiger partial charge in [0.2, 0.25) is 0 Å². The highest BCUT2D eigenvalue weighted by molar-refractivity contribution is 6.11. The van der Waals surface area contributed by atoms with Gasteiger partial charge >= 0.3 is 0 Å². The smallest absolute Gasteiger partial charge is 0.161 e. The minimum atomic E-state index is 0.375. The van der Waals surface area contributed by atoms with Crippen molar-refractivity contribution in [2.24, 2.45) is 0 Å². The summed E-state index contributed by atoms with van der Waals surface area (Å²) in [5, 5.41) is 21.1. The molecule has 0 fully saturated rings. The second kappa shape index (κ2) is 12.5. The molecule has 0 saturated heterocycles. The number of rotatable bonds is 5. The van der Waals surface area contributed by atoms with Gasteiger partial charge in [0.05, 0.1) is 27.8 Å². The second-order valence-electron chi connectivity index (χ2n) is 13.0. The van der Waals surface area contributed by atoms with Crippen LogP contribution in [0.25, 0.3) is 72.5 Å². The van der Waals surface area contributed by atoms with Crippen LogP contribution in [0.3, 0.4) is 0 Å². The van der Waals surface area contributed by atoms with E-state index >= 15 is 0 Å². The monoisotopic (exact) mass is 657 g/mol. The molecular formula is C44H31N7. The maximum atomic E-state index is 9.51. The van der Waals surface area contributed by atoms with Gasteiger partial charge in [0.15, 0.2) is 11.6 Å². The molecule has 242 valence electrons. The molecule has 3 aromatic heterocycles. The third kappa shape index (κ3) is 5.57. The predicted octanol–water partition coefficient (Wildman–Crippen LogP) is 10.0. The molecule has 0 aliphatic rings. The Balaban J connectivity index is 1.45. The molecule has 0 unspecified atom stereocenters. The number of hydrogen-bond acceptors (Lipinski definition) is 6. The van der Waals surface area contributed by atoms with Crippen LogP contribution in [0.4, 0.5) is 0 Å². The van der Waals surface area contributed by atoms with E-state index in [1.165, 1.54) is 45.8 Å². The van der Waals surface area contributed by atoms with Crippen LogP contribution in [0.2, 0.25) is 0 Å². The molecule has 51 heavy (non-hydrogen) atoms. The van der Waals surface area contributed by atoms with E-state index in [1.54, 1.807) is 12.4 Å². The van der Waals surface area contributed by atoms with Crippen molar-refractivity contribution in [2.75, 3.05) is 0 Å². The van der Waals surface area contributed by atoms with Gasteiger partial charge in [0, 0.05) is 46.7 Å². The van der Waals surface area contributed by atoms with Gasteiger partial charge < -0.3 is 4.57 Å². The summed E-state index contributed by atoms with van der Waals surface area (Å²) >= 11 is 0. The molecule has 0 radical (unpaired) electrons. The molecule has 7 heteroatoms. The summed E-state index contributed by atoms with van der Waals surface area (Å²) in [6, 6.07) is 36.8. The number of aryl methyl sites for hydroxylation is 4. The molecule has 0 N–H and O–H groups in total. The molecule has 8 aromatic rings. The van der Waals surface area contributed by atoms with Crippen LogP contribution in [0.1, 0.15) is 33.4 Å². The lowest BCUT2D eigenvalue weighted by Crippen LogP contribution is -2.01. The lowest BCUT2D eigenvalue weighted by Gasteiger charge is -2.16. The van der Waals surface area contributed by atoms with Gasteiger partial charge in [-0.15, -0.1) is 0 Å². The van der Waals surface area contributed by atoms with Gasteiger partial charge in [-0.25, -0.2) is 19.9 Å². The first-order valence-corrected chi connectivity index (χ1v) is 16.6. The van der Waals surface area contributed by atoms with Gasteiger partial charge in [0.1, 0.15) is 12.1 Å². The Hall–Kier alpha value is -6.96. The third-order valence-corrected chi connectivity index (χ3v) is 9.45. The van der Waals surface area contributed by atoms with Crippen molar-refractivity contribution in [3.63, 3.8) is 0 Å². The topological polar surface area (TPSA) is 104 Å². The van der Waals surface area contributed by atoms with Crippen LogP contribution < -0.4 is 0 Å². The molecule has 7 nitrogen and oxygen atoms in total. The summed E-state index contributed by atoms with van der Waals surface area (Å²) in [7, 11) is 0. The van der Waals surface area contributed by atoms with Crippen LogP contribution in [0, 0.1) is 50.4 Å². The SMILES string of the molecule is Cc1ccc(-c2ccc3c4ccc(-c5ccc(C)cc5C)cc4n(-c4ccc(-c5ncc(C#N)cn5)cc4-c4ncc(C#N)cn4)c3c2)c(C)c1. The van der Waals surface area contributed by atoms with Gasteiger partial charge in [-0.05, 0) is 91.4 Å². The largest absolute Gasteiger partial charge is 0.308 e. The molecule has 3 heterocycles. The van der Waals surface area contributed by atoms with Gasteiger partial charge in [-0.2, -0.15) is 10.5 Å². The van der Waals surface area contributed by atoms with E-state index in [2.05, 4.69) is 143 Å². The Kier molecular flexibility index (Phi) is 7.67. The van der Waals surface area contributed by atoms with E-state index in [9.17, 15) is 10.5 Å². The molecule has 0 saturated carbocycles. The minimum absolute atomic E-state index is 0.375. The maximum Gasteiger partial charge on any atom is 0.161 e. The van der Waals surface area contributed by atoms with Crippen LogP contribution in [-0.4, -0.2) is 24.5 Å². The highest BCUT2D eigenvalue weighted by Crippen LogP contribution is 2.40. The van der Waals surface area contributed by atoms with Crippen LogP contribution in [0.15, 0.2) is 116 Å². The number of benzene rings is 5. The van der Waals surface area contributed by atoms with E-state index in [0.29, 0.717) is 22.8 Å². The fourth-order valence-corrected chi connectivity index (χ4v) is 7.00. The fraction of sp³-hybridized carbons (Fsp3) is 0.0909. The summed E-state index contributed by atoms with van der Waals surface area (Å²) in [5.41, 5.74) is 14.7. The maximum absolute atomic E-state index is 9.51. The number of nitrogens with zero attached hydrogens (tertiary/aromatic N) is 7. The molecule has 0 atom stereocenters. The normalized spacial score (nSPS) is 11.1. The lowest BCUT2D eigenvalue weighted by molar-refractivity contribution is 1.12. The molecule has 0 aliphatic heterocycles. The average Bonchev–Trinajstić information content (AvgIpc) is 3.47. The first kappa shape index (κ1) is 31.3. The first-order chi connectivity index (χ1) is 24.8. The lowest BCUT2D eigenvalue weighted by atomic mass is 9.96. The first-order valence-electron chi connectivity index (χ1n) is 16.6. The van der Waals surface area contributed by atoms with Gasteiger partial charge in [-0.3, -0.25) is 0 Å². The van der Waals surface area contributed by atoms with Crippen molar-refractivity contribution < 1.29 is 0 Å². The van der Waals surface area contributed by atoms with Crippen LogP contribution in [0.5, 0.6) is 0 Å². The Bertz CT molecular complexity index is 2630. The number of aromatic nitrogens is 5. The van der Waals surface area contributed by atoms with E-state index in [0.717, 1.165) is 49.7 Å². The van der Waals surface area contributed by atoms with Crippen molar-refractivity contribution in [1.29, 1.82) is 10.5 Å². The number of nitriles is 2. The highest BCUT2D eigenvalue weighted by atomic mass is 15.0. The van der Waals surface area contributed by atoms with Crippen molar-refractivity contribution in [3.8, 4) is 62.9 Å². The highest BCUT2D eigenvalue weighted by Gasteiger charge is 2.20. The third-order valence-electron chi connectivity index (χ3n) is 9.45. The molecule has 0 amide bonds. The number of fused-ring (bicyclic) bond motifs is 3. The summed E-state index contributed by atoms with van der Waals surface area (Å²) in [6.07, 6.45) is 6.12. The summed E-state index contributed by atoms with van der Waals surface area (Å²) < 4.78 is 2.30.